The number of rotatable bonds is 5. The number of hydrogen-bond acceptors (Lipinski definition) is 4. The van der Waals surface area contributed by atoms with Gasteiger partial charge in [-0.05, 0) is 43.0 Å². The van der Waals surface area contributed by atoms with Gasteiger partial charge in [0.05, 0.1) is 16.6 Å². The van der Waals surface area contributed by atoms with Gasteiger partial charge in [-0.15, -0.1) is 0 Å². The summed E-state index contributed by atoms with van der Waals surface area (Å²) in [7, 11) is 0. The van der Waals surface area contributed by atoms with E-state index < -0.39 is 5.82 Å². The van der Waals surface area contributed by atoms with Gasteiger partial charge in [-0.2, -0.15) is 5.10 Å². The fourth-order valence-corrected chi connectivity index (χ4v) is 4.18. The maximum atomic E-state index is 14.5. The van der Waals surface area contributed by atoms with Crippen LogP contribution in [0.3, 0.4) is 0 Å². The number of aromatic amines is 1. The molecule has 6 nitrogen and oxygen atoms in total. The molecule has 0 radical (unpaired) electrons. The number of H-pyrrole nitrogens is 1. The molecular weight excluding hydrogens is 383 g/mol. The van der Waals surface area contributed by atoms with Gasteiger partial charge in [0.2, 0.25) is 0 Å². The Labute approximate surface area is 173 Å². The molecule has 2 fully saturated rings. The predicted molar refractivity (Wildman–Crippen MR) is 112 cm³/mol. The van der Waals surface area contributed by atoms with Crippen molar-refractivity contribution in [2.75, 3.05) is 13.1 Å². The zero-order valence-corrected chi connectivity index (χ0v) is 16.5. The molecule has 2 N–H and O–H groups in total. The number of carbonyl (C=O) groups excluding carboxylic acids is 1. The first-order valence-electron chi connectivity index (χ1n) is 10.4. The molecule has 2 aromatic carbocycles. The molecule has 1 aliphatic carbocycles. The molecule has 1 saturated carbocycles. The van der Waals surface area contributed by atoms with Crippen LogP contribution >= 0.6 is 0 Å². The molecule has 2 aliphatic rings. The van der Waals surface area contributed by atoms with E-state index in [0.717, 1.165) is 17.4 Å². The second-order valence-corrected chi connectivity index (χ2v) is 8.21. The van der Waals surface area contributed by atoms with E-state index >= 15 is 0 Å². The third-order valence-electron chi connectivity index (χ3n) is 5.93. The molecule has 1 aliphatic heterocycles. The number of benzene rings is 2. The lowest BCUT2D eigenvalue weighted by molar-refractivity contribution is 0.0784. The van der Waals surface area contributed by atoms with Crippen LogP contribution < -0.4 is 10.9 Å². The summed E-state index contributed by atoms with van der Waals surface area (Å²) >= 11 is 0. The maximum absolute atomic E-state index is 14.5. The van der Waals surface area contributed by atoms with Crippen molar-refractivity contribution >= 4 is 16.7 Å². The SMILES string of the molecule is O=C(c1cc(Cc2n[nH]c(=O)c3ccccc23)ccc1F)N1CC[C@@H](NC2CC2)C1. The predicted octanol–water partition coefficient (Wildman–Crippen LogP) is 2.62. The normalized spacial score (nSPS) is 18.8. The van der Waals surface area contributed by atoms with Gasteiger partial charge in [0.25, 0.3) is 11.5 Å². The number of amides is 1. The second-order valence-electron chi connectivity index (χ2n) is 8.21. The first-order valence-corrected chi connectivity index (χ1v) is 10.4. The van der Waals surface area contributed by atoms with Gasteiger partial charge in [-0.1, -0.05) is 24.3 Å². The topological polar surface area (TPSA) is 78.1 Å². The minimum Gasteiger partial charge on any atom is -0.337 e. The van der Waals surface area contributed by atoms with E-state index in [-0.39, 0.29) is 17.0 Å². The van der Waals surface area contributed by atoms with E-state index in [1.807, 2.05) is 12.1 Å². The van der Waals surface area contributed by atoms with Crippen molar-refractivity contribution in [1.29, 1.82) is 0 Å². The zero-order chi connectivity index (χ0) is 20.7. The number of nitrogens with one attached hydrogen (secondary N) is 2. The molecule has 30 heavy (non-hydrogen) atoms. The van der Waals surface area contributed by atoms with Gasteiger partial charge >= 0.3 is 0 Å². The van der Waals surface area contributed by atoms with Crippen molar-refractivity contribution in [3.63, 3.8) is 0 Å². The summed E-state index contributed by atoms with van der Waals surface area (Å²) in [5, 5.41) is 11.6. The van der Waals surface area contributed by atoms with Crippen molar-refractivity contribution in [3.05, 3.63) is 75.5 Å². The van der Waals surface area contributed by atoms with E-state index in [4.69, 9.17) is 0 Å². The van der Waals surface area contributed by atoms with Crippen LogP contribution in [-0.2, 0) is 6.42 Å². The molecule has 5 rings (SSSR count). The smallest absolute Gasteiger partial charge is 0.272 e. The molecule has 3 aromatic rings. The van der Waals surface area contributed by atoms with Crippen LogP contribution in [0.15, 0.2) is 47.3 Å². The van der Waals surface area contributed by atoms with Crippen molar-refractivity contribution in [1.82, 2.24) is 20.4 Å². The van der Waals surface area contributed by atoms with Crippen LogP contribution in [0, 0.1) is 5.82 Å². The lowest BCUT2D eigenvalue weighted by Gasteiger charge is -2.18. The van der Waals surface area contributed by atoms with Gasteiger partial charge in [0.1, 0.15) is 5.82 Å². The Balaban J connectivity index is 1.38. The minimum atomic E-state index is -0.512. The highest BCUT2D eigenvalue weighted by molar-refractivity contribution is 5.95. The van der Waals surface area contributed by atoms with Crippen molar-refractivity contribution in [3.8, 4) is 0 Å². The molecule has 0 bridgehead atoms. The van der Waals surface area contributed by atoms with E-state index in [9.17, 15) is 14.0 Å². The molecule has 2 heterocycles. The lowest BCUT2D eigenvalue weighted by atomic mass is 10.0. The summed E-state index contributed by atoms with van der Waals surface area (Å²) < 4.78 is 14.5. The number of hydrogen-bond donors (Lipinski definition) is 2. The zero-order valence-electron chi connectivity index (χ0n) is 16.5. The third-order valence-corrected chi connectivity index (χ3v) is 5.93. The molecule has 1 atom stereocenters. The standard InChI is InChI=1S/C23H23FN4O2/c24-20-8-5-14(12-21-17-3-1-2-4-18(17)22(29)27-26-21)11-19(20)23(30)28-10-9-16(13-28)25-15-6-7-15/h1-5,8,11,15-16,25H,6-7,9-10,12-13H2,(H,27,29)/t16-/m1/s1. The van der Waals surface area contributed by atoms with E-state index in [1.165, 1.54) is 18.9 Å². The summed E-state index contributed by atoms with van der Waals surface area (Å²) in [5.74, 6) is -0.782. The number of halogens is 1. The molecule has 0 unspecified atom stereocenters. The Morgan fingerprint density at radius 2 is 1.93 bits per heavy atom. The van der Waals surface area contributed by atoms with Crippen LogP contribution in [0.5, 0.6) is 0 Å². The van der Waals surface area contributed by atoms with Crippen LogP contribution in [0.25, 0.3) is 10.8 Å². The van der Waals surface area contributed by atoms with Crippen molar-refractivity contribution in [2.24, 2.45) is 0 Å². The summed E-state index contributed by atoms with van der Waals surface area (Å²) in [6.07, 6.45) is 3.70. The molecular formula is C23H23FN4O2. The third kappa shape index (κ3) is 3.73. The van der Waals surface area contributed by atoms with Crippen LogP contribution in [0.4, 0.5) is 4.39 Å². The highest BCUT2D eigenvalue weighted by Crippen LogP contribution is 2.24. The van der Waals surface area contributed by atoms with Gasteiger partial charge in [0.15, 0.2) is 0 Å². The van der Waals surface area contributed by atoms with Crippen LogP contribution in [0.2, 0.25) is 0 Å². The Morgan fingerprint density at radius 1 is 1.13 bits per heavy atom. The molecule has 0 spiro atoms. The quantitative estimate of drug-likeness (QED) is 0.683. The summed E-state index contributed by atoms with van der Waals surface area (Å²) in [5.41, 5.74) is 1.31. The van der Waals surface area contributed by atoms with Gasteiger partial charge in [-0.3, -0.25) is 9.59 Å². The van der Waals surface area contributed by atoms with Crippen LogP contribution in [0.1, 0.15) is 40.9 Å². The van der Waals surface area contributed by atoms with E-state index in [2.05, 4.69) is 15.5 Å². The summed E-state index contributed by atoms with van der Waals surface area (Å²) in [6, 6.07) is 12.7. The fraction of sp³-hybridized carbons (Fsp3) is 0.348. The average molecular weight is 406 g/mol. The average Bonchev–Trinajstić information content (AvgIpc) is 3.45. The Kier molecular flexibility index (Phi) is 4.83. The van der Waals surface area contributed by atoms with Crippen molar-refractivity contribution < 1.29 is 9.18 Å². The first kappa shape index (κ1) is 18.9. The summed E-state index contributed by atoms with van der Waals surface area (Å²) in [4.78, 5) is 26.7. The highest BCUT2D eigenvalue weighted by atomic mass is 19.1. The van der Waals surface area contributed by atoms with E-state index in [1.54, 1.807) is 29.2 Å². The van der Waals surface area contributed by atoms with Gasteiger partial charge in [-0.25, -0.2) is 9.49 Å². The second kappa shape index (κ2) is 7.65. The summed E-state index contributed by atoms with van der Waals surface area (Å²) in [6.45, 7) is 1.25. The van der Waals surface area contributed by atoms with E-state index in [0.29, 0.717) is 42.7 Å². The van der Waals surface area contributed by atoms with Crippen molar-refractivity contribution in [2.45, 2.75) is 37.8 Å². The maximum Gasteiger partial charge on any atom is 0.272 e. The molecule has 1 saturated heterocycles. The van der Waals surface area contributed by atoms with Crippen LogP contribution in [-0.4, -0.2) is 46.2 Å². The molecule has 1 amide bonds. The Bertz CT molecular complexity index is 1170. The van der Waals surface area contributed by atoms with Gasteiger partial charge < -0.3 is 10.2 Å². The monoisotopic (exact) mass is 406 g/mol. The number of nitrogens with zero attached hydrogens (tertiary/aromatic N) is 2. The number of aromatic nitrogens is 2. The first-order chi connectivity index (χ1) is 14.6. The lowest BCUT2D eigenvalue weighted by Crippen LogP contribution is -2.36. The van der Waals surface area contributed by atoms with Gasteiger partial charge in [0, 0.05) is 37.0 Å². The number of likely N-dealkylation sites (tertiary alicyclic amines) is 1. The molecule has 154 valence electrons. The fourth-order valence-electron chi connectivity index (χ4n) is 4.18. The minimum absolute atomic E-state index is 0.0910. The highest BCUT2D eigenvalue weighted by Gasteiger charge is 2.32. The largest absolute Gasteiger partial charge is 0.337 e. The Hall–Kier alpha value is -3.06. The Morgan fingerprint density at radius 3 is 2.73 bits per heavy atom. The number of carbonyl (C=O) groups is 1. The molecule has 1 aromatic heterocycles. The number of fused-ring (bicyclic) bond motifs is 1. The molecule has 7 heteroatoms.